The normalized spacial score (nSPS) is 11.9. The Labute approximate surface area is 142 Å². The molecular formula is C14H34ClN3O3S. The van der Waals surface area contributed by atoms with E-state index in [4.69, 9.17) is 16.0 Å². The molecule has 0 rings (SSSR count). The van der Waals surface area contributed by atoms with Crippen molar-refractivity contribution in [3.05, 3.63) is 0 Å². The van der Waals surface area contributed by atoms with Gasteiger partial charge >= 0.3 is 10.3 Å². The number of halogens is 1. The summed E-state index contributed by atoms with van der Waals surface area (Å²) in [7, 11) is -4.20. The Hall–Kier alpha value is 0.0800. The van der Waals surface area contributed by atoms with Crippen molar-refractivity contribution >= 4 is 22.7 Å². The van der Waals surface area contributed by atoms with Gasteiger partial charge in [0, 0.05) is 13.1 Å². The van der Waals surface area contributed by atoms with Crippen molar-refractivity contribution in [1.29, 1.82) is 0 Å². The van der Waals surface area contributed by atoms with Crippen molar-refractivity contribution in [2.75, 3.05) is 13.1 Å². The molecule has 0 saturated carbocycles. The van der Waals surface area contributed by atoms with Crippen LogP contribution in [0.1, 0.15) is 71.1 Å². The molecule has 22 heavy (non-hydrogen) atoms. The van der Waals surface area contributed by atoms with Crippen molar-refractivity contribution in [2.45, 2.75) is 77.3 Å². The predicted octanol–water partition coefficient (Wildman–Crippen LogP) is 2.68. The third-order valence-electron chi connectivity index (χ3n) is 3.50. The van der Waals surface area contributed by atoms with Crippen molar-refractivity contribution in [1.82, 2.24) is 4.31 Å². The highest BCUT2D eigenvalue weighted by molar-refractivity contribution is 7.83. The quantitative estimate of drug-likeness (QED) is 0.251. The predicted molar refractivity (Wildman–Crippen MR) is 94.4 cm³/mol. The summed E-state index contributed by atoms with van der Waals surface area (Å²) in [6, 6.07) is 0. The Kier molecular flexibility index (Phi) is 16.2. The Balaban J connectivity index is 0. The Morgan fingerprint density at radius 3 is 1.68 bits per heavy atom. The molecule has 0 aromatic carbocycles. The van der Waals surface area contributed by atoms with Gasteiger partial charge in [-0.2, -0.15) is 12.7 Å². The van der Waals surface area contributed by atoms with Crippen LogP contribution in [0.4, 0.5) is 0 Å². The van der Waals surface area contributed by atoms with Gasteiger partial charge < -0.3 is 11.5 Å². The monoisotopic (exact) mass is 359 g/mol. The summed E-state index contributed by atoms with van der Waals surface area (Å²) < 4.78 is 32.3. The van der Waals surface area contributed by atoms with E-state index in [0.29, 0.717) is 0 Å². The fourth-order valence-electron chi connectivity index (χ4n) is 2.31. The van der Waals surface area contributed by atoms with E-state index in [1.165, 1.54) is 44.9 Å². The first-order valence-electron chi connectivity index (χ1n) is 8.11. The van der Waals surface area contributed by atoms with Crippen molar-refractivity contribution in [3.63, 3.8) is 0 Å². The van der Waals surface area contributed by atoms with Crippen LogP contribution in [0.15, 0.2) is 0 Å². The van der Waals surface area contributed by atoms with Gasteiger partial charge in [-0.1, -0.05) is 64.7 Å². The third-order valence-corrected chi connectivity index (χ3v) is 4.49. The van der Waals surface area contributed by atoms with Gasteiger partial charge in [-0.25, -0.2) is 0 Å². The standard InChI is InChI=1S/C14H33N3O3S.ClH/c1-2-3-4-5-6-7-8-9-10-11-12-17(13-14(15)16)21(18,19)20;/h14H,2-13,15-16H2,1H3,(H,18,19,20);1H. The zero-order valence-corrected chi connectivity index (χ0v) is 15.4. The molecule has 0 heterocycles. The van der Waals surface area contributed by atoms with Gasteiger partial charge in [0.15, 0.2) is 0 Å². The molecule has 5 N–H and O–H groups in total. The Bertz CT molecular complexity index is 340. The zero-order valence-electron chi connectivity index (χ0n) is 13.7. The lowest BCUT2D eigenvalue weighted by molar-refractivity contribution is 0.328. The fraction of sp³-hybridized carbons (Fsp3) is 1.00. The average Bonchev–Trinajstić information content (AvgIpc) is 2.38. The summed E-state index contributed by atoms with van der Waals surface area (Å²) in [6.07, 6.45) is 11.0. The van der Waals surface area contributed by atoms with Crippen molar-refractivity contribution < 1.29 is 13.0 Å². The van der Waals surface area contributed by atoms with E-state index in [2.05, 4.69) is 6.92 Å². The second-order valence-corrected chi connectivity index (χ2v) is 7.09. The summed E-state index contributed by atoms with van der Waals surface area (Å²) in [5, 5.41) is 0. The van der Waals surface area contributed by atoms with Gasteiger partial charge in [0.1, 0.15) is 0 Å². The number of unbranched alkanes of at least 4 members (excludes halogenated alkanes) is 9. The maximum absolute atomic E-state index is 11.1. The maximum Gasteiger partial charge on any atom is 0.336 e. The number of hydrogen-bond acceptors (Lipinski definition) is 4. The van der Waals surface area contributed by atoms with Gasteiger partial charge in [0.2, 0.25) is 0 Å². The molecular weight excluding hydrogens is 326 g/mol. The van der Waals surface area contributed by atoms with E-state index >= 15 is 0 Å². The molecule has 0 fully saturated rings. The smallest absolute Gasteiger partial charge is 0.315 e. The molecule has 0 atom stereocenters. The summed E-state index contributed by atoms with van der Waals surface area (Å²) in [6.45, 7) is 2.45. The highest BCUT2D eigenvalue weighted by Crippen LogP contribution is 2.11. The van der Waals surface area contributed by atoms with Crippen molar-refractivity contribution in [2.24, 2.45) is 11.5 Å². The lowest BCUT2D eigenvalue weighted by Gasteiger charge is -2.20. The number of nitrogens with zero attached hydrogens (tertiary/aromatic N) is 1. The number of nitrogens with two attached hydrogens (primary N) is 2. The fourth-order valence-corrected chi connectivity index (χ4v) is 3.03. The Morgan fingerprint density at radius 2 is 1.32 bits per heavy atom. The van der Waals surface area contributed by atoms with Crippen LogP contribution >= 0.6 is 12.4 Å². The van der Waals surface area contributed by atoms with E-state index < -0.39 is 16.5 Å². The van der Waals surface area contributed by atoms with E-state index in [9.17, 15) is 8.42 Å². The zero-order chi connectivity index (χ0) is 16.1. The van der Waals surface area contributed by atoms with E-state index in [0.717, 1.165) is 23.6 Å². The highest BCUT2D eigenvalue weighted by Gasteiger charge is 2.19. The summed E-state index contributed by atoms with van der Waals surface area (Å²) in [4.78, 5) is 0. The van der Waals surface area contributed by atoms with Crippen LogP contribution in [-0.4, -0.2) is 36.5 Å². The first-order valence-corrected chi connectivity index (χ1v) is 9.51. The first-order chi connectivity index (χ1) is 9.88. The summed E-state index contributed by atoms with van der Waals surface area (Å²) in [5.74, 6) is 0. The molecule has 0 radical (unpaired) electrons. The molecule has 0 unspecified atom stereocenters. The molecule has 0 bridgehead atoms. The van der Waals surface area contributed by atoms with Crippen LogP contribution in [-0.2, 0) is 10.3 Å². The minimum Gasteiger partial charge on any atom is -0.315 e. The largest absolute Gasteiger partial charge is 0.336 e. The van der Waals surface area contributed by atoms with Crippen LogP contribution in [0.25, 0.3) is 0 Å². The molecule has 0 aliphatic carbocycles. The Morgan fingerprint density at radius 1 is 0.909 bits per heavy atom. The van der Waals surface area contributed by atoms with E-state index in [1.54, 1.807) is 0 Å². The molecule has 8 heteroatoms. The van der Waals surface area contributed by atoms with Gasteiger partial charge in [-0.05, 0) is 6.42 Å². The average molecular weight is 360 g/mol. The summed E-state index contributed by atoms with van der Waals surface area (Å²) in [5.41, 5.74) is 10.7. The van der Waals surface area contributed by atoms with Crippen LogP contribution in [0.5, 0.6) is 0 Å². The van der Waals surface area contributed by atoms with Gasteiger partial charge in [-0.15, -0.1) is 12.4 Å². The molecule has 0 amide bonds. The molecule has 136 valence electrons. The van der Waals surface area contributed by atoms with Crippen molar-refractivity contribution in [3.8, 4) is 0 Å². The van der Waals surface area contributed by atoms with Crippen LogP contribution in [0.2, 0.25) is 0 Å². The first kappa shape index (κ1) is 24.3. The highest BCUT2D eigenvalue weighted by atomic mass is 35.5. The van der Waals surface area contributed by atoms with Gasteiger partial charge in [-0.3, -0.25) is 4.55 Å². The molecule has 0 aromatic heterocycles. The van der Waals surface area contributed by atoms with E-state index in [1.807, 2.05) is 0 Å². The lowest BCUT2D eigenvalue weighted by Crippen LogP contribution is -2.45. The van der Waals surface area contributed by atoms with E-state index in [-0.39, 0.29) is 25.5 Å². The third kappa shape index (κ3) is 15.0. The molecule has 0 saturated heterocycles. The number of hydrogen-bond donors (Lipinski definition) is 3. The van der Waals surface area contributed by atoms with Gasteiger partial charge in [0.05, 0.1) is 6.17 Å². The van der Waals surface area contributed by atoms with Gasteiger partial charge in [0.25, 0.3) is 0 Å². The SMILES string of the molecule is CCCCCCCCCCCCN(CC(N)N)S(=O)(=O)O.Cl. The topological polar surface area (TPSA) is 110 Å². The molecule has 0 spiro atoms. The second kappa shape index (κ2) is 14.7. The van der Waals surface area contributed by atoms with Crippen LogP contribution in [0, 0.1) is 0 Å². The summed E-state index contributed by atoms with van der Waals surface area (Å²) >= 11 is 0. The van der Waals surface area contributed by atoms with Crippen LogP contribution < -0.4 is 11.5 Å². The van der Waals surface area contributed by atoms with Crippen LogP contribution in [0.3, 0.4) is 0 Å². The molecule has 0 aliphatic rings. The molecule has 0 aliphatic heterocycles. The number of rotatable bonds is 14. The minimum atomic E-state index is -4.20. The minimum absolute atomic E-state index is 0. The maximum atomic E-state index is 11.1. The lowest BCUT2D eigenvalue weighted by atomic mass is 10.1. The second-order valence-electron chi connectivity index (χ2n) is 5.68. The molecule has 6 nitrogen and oxygen atoms in total. The molecule has 0 aromatic rings.